The standard InChI is InChI=1S/C11H22N2O3/c1-4-6-8(12)9(14)13-7-11(3,5-2)10(15)16/h8H,4-7,12H2,1-3H3,(H,13,14)(H,15,16). The van der Waals surface area contributed by atoms with Crippen LogP contribution in [-0.4, -0.2) is 29.6 Å². The lowest BCUT2D eigenvalue weighted by atomic mass is 9.87. The second kappa shape index (κ2) is 6.48. The highest BCUT2D eigenvalue weighted by Crippen LogP contribution is 2.19. The molecule has 0 heterocycles. The van der Waals surface area contributed by atoms with Gasteiger partial charge in [-0.1, -0.05) is 20.3 Å². The molecule has 0 aliphatic carbocycles. The number of hydrogen-bond acceptors (Lipinski definition) is 3. The fourth-order valence-corrected chi connectivity index (χ4v) is 1.21. The van der Waals surface area contributed by atoms with Crippen molar-refractivity contribution < 1.29 is 14.7 Å². The zero-order valence-electron chi connectivity index (χ0n) is 10.2. The molecule has 0 bridgehead atoms. The van der Waals surface area contributed by atoms with Crippen LogP contribution in [0, 0.1) is 5.41 Å². The van der Waals surface area contributed by atoms with Crippen molar-refractivity contribution in [3.8, 4) is 0 Å². The highest BCUT2D eigenvalue weighted by atomic mass is 16.4. The summed E-state index contributed by atoms with van der Waals surface area (Å²) in [5, 5.41) is 11.6. The van der Waals surface area contributed by atoms with Crippen molar-refractivity contribution in [2.45, 2.75) is 46.1 Å². The topological polar surface area (TPSA) is 92.4 Å². The molecule has 4 N–H and O–H groups in total. The molecular weight excluding hydrogens is 208 g/mol. The lowest BCUT2D eigenvalue weighted by Crippen LogP contribution is -2.46. The maximum atomic E-state index is 11.5. The third kappa shape index (κ3) is 4.18. The Hall–Kier alpha value is -1.10. The van der Waals surface area contributed by atoms with E-state index in [0.29, 0.717) is 12.8 Å². The third-order valence-corrected chi connectivity index (χ3v) is 2.89. The summed E-state index contributed by atoms with van der Waals surface area (Å²) in [7, 11) is 0. The number of carboxylic acid groups (broad SMARTS) is 1. The predicted octanol–water partition coefficient (Wildman–Crippen LogP) is 0.731. The number of amides is 1. The van der Waals surface area contributed by atoms with Crippen LogP contribution in [0.4, 0.5) is 0 Å². The van der Waals surface area contributed by atoms with Gasteiger partial charge in [-0.25, -0.2) is 0 Å². The summed E-state index contributed by atoms with van der Waals surface area (Å²) in [6, 6.07) is -0.542. The van der Waals surface area contributed by atoms with Gasteiger partial charge in [-0.15, -0.1) is 0 Å². The number of aliphatic carboxylic acids is 1. The normalized spacial score (nSPS) is 16.2. The Labute approximate surface area is 96.4 Å². The minimum atomic E-state index is -0.915. The summed E-state index contributed by atoms with van der Waals surface area (Å²) in [4.78, 5) is 22.5. The molecule has 0 fully saturated rings. The number of rotatable bonds is 7. The quantitative estimate of drug-likeness (QED) is 0.601. The van der Waals surface area contributed by atoms with Crippen molar-refractivity contribution in [3.05, 3.63) is 0 Å². The molecule has 94 valence electrons. The molecule has 0 aliphatic heterocycles. The average molecular weight is 230 g/mol. The van der Waals surface area contributed by atoms with Gasteiger partial charge in [0.1, 0.15) is 0 Å². The molecule has 0 aromatic carbocycles. The van der Waals surface area contributed by atoms with Crippen molar-refractivity contribution >= 4 is 11.9 Å². The summed E-state index contributed by atoms with van der Waals surface area (Å²) in [5.74, 6) is -1.18. The van der Waals surface area contributed by atoms with Gasteiger partial charge >= 0.3 is 5.97 Å². The molecule has 0 aromatic rings. The smallest absolute Gasteiger partial charge is 0.311 e. The first kappa shape index (κ1) is 14.9. The van der Waals surface area contributed by atoms with Gasteiger partial charge in [-0.2, -0.15) is 0 Å². The Morgan fingerprint density at radius 2 is 2.00 bits per heavy atom. The summed E-state index contributed by atoms with van der Waals surface area (Å²) >= 11 is 0. The number of nitrogens with two attached hydrogens (primary N) is 1. The molecule has 2 unspecified atom stereocenters. The monoisotopic (exact) mass is 230 g/mol. The number of carbonyl (C=O) groups excluding carboxylic acids is 1. The van der Waals surface area contributed by atoms with Crippen LogP contribution in [0.2, 0.25) is 0 Å². The zero-order valence-corrected chi connectivity index (χ0v) is 10.2. The lowest BCUT2D eigenvalue weighted by Gasteiger charge is -2.24. The van der Waals surface area contributed by atoms with E-state index in [4.69, 9.17) is 10.8 Å². The van der Waals surface area contributed by atoms with E-state index in [1.807, 2.05) is 6.92 Å². The van der Waals surface area contributed by atoms with E-state index < -0.39 is 17.4 Å². The summed E-state index contributed by atoms with van der Waals surface area (Å²) in [5.41, 5.74) is 4.70. The molecule has 0 rings (SSSR count). The number of carboxylic acids is 1. The van der Waals surface area contributed by atoms with E-state index in [9.17, 15) is 9.59 Å². The molecule has 0 radical (unpaired) electrons. The Balaban J connectivity index is 4.22. The summed E-state index contributed by atoms with van der Waals surface area (Å²) in [6.45, 7) is 5.46. The first-order valence-corrected chi connectivity index (χ1v) is 5.64. The Morgan fingerprint density at radius 3 is 2.38 bits per heavy atom. The molecule has 5 heteroatoms. The van der Waals surface area contributed by atoms with E-state index in [0.717, 1.165) is 6.42 Å². The van der Waals surface area contributed by atoms with Gasteiger partial charge in [0, 0.05) is 6.54 Å². The van der Waals surface area contributed by atoms with Crippen molar-refractivity contribution in [2.75, 3.05) is 6.54 Å². The van der Waals surface area contributed by atoms with Crippen LogP contribution in [0.15, 0.2) is 0 Å². The van der Waals surface area contributed by atoms with Crippen LogP contribution < -0.4 is 11.1 Å². The van der Waals surface area contributed by atoms with Gasteiger partial charge in [0.25, 0.3) is 0 Å². The van der Waals surface area contributed by atoms with Crippen LogP contribution in [-0.2, 0) is 9.59 Å². The molecule has 2 atom stereocenters. The van der Waals surface area contributed by atoms with Crippen LogP contribution in [0.5, 0.6) is 0 Å². The SMILES string of the molecule is CCCC(N)C(=O)NCC(C)(CC)C(=O)O. The maximum absolute atomic E-state index is 11.5. The summed E-state index contributed by atoms with van der Waals surface area (Å²) in [6.07, 6.45) is 1.91. The van der Waals surface area contributed by atoms with Gasteiger partial charge in [0.15, 0.2) is 0 Å². The van der Waals surface area contributed by atoms with Gasteiger partial charge in [0.05, 0.1) is 11.5 Å². The van der Waals surface area contributed by atoms with E-state index in [1.165, 1.54) is 0 Å². The Kier molecular flexibility index (Phi) is 6.03. The van der Waals surface area contributed by atoms with Crippen LogP contribution in [0.25, 0.3) is 0 Å². The van der Waals surface area contributed by atoms with Gasteiger partial charge in [0.2, 0.25) is 5.91 Å². The number of carbonyl (C=O) groups is 2. The average Bonchev–Trinajstić information content (AvgIpc) is 2.25. The van der Waals surface area contributed by atoms with Crippen LogP contribution in [0.3, 0.4) is 0 Å². The first-order valence-electron chi connectivity index (χ1n) is 5.64. The zero-order chi connectivity index (χ0) is 12.8. The first-order chi connectivity index (χ1) is 7.37. The van der Waals surface area contributed by atoms with Gasteiger partial charge < -0.3 is 16.2 Å². The predicted molar refractivity (Wildman–Crippen MR) is 61.9 cm³/mol. The molecule has 0 aromatic heterocycles. The Morgan fingerprint density at radius 1 is 1.44 bits per heavy atom. The van der Waals surface area contributed by atoms with Crippen molar-refractivity contribution in [1.29, 1.82) is 0 Å². The molecule has 0 saturated carbocycles. The van der Waals surface area contributed by atoms with Crippen molar-refractivity contribution in [2.24, 2.45) is 11.1 Å². The van der Waals surface area contributed by atoms with Gasteiger partial charge in [-0.05, 0) is 19.8 Å². The minimum absolute atomic E-state index is 0.120. The molecule has 1 amide bonds. The van der Waals surface area contributed by atoms with E-state index in [2.05, 4.69) is 5.32 Å². The van der Waals surface area contributed by atoms with E-state index >= 15 is 0 Å². The molecule has 16 heavy (non-hydrogen) atoms. The van der Waals surface area contributed by atoms with Crippen LogP contribution >= 0.6 is 0 Å². The maximum Gasteiger partial charge on any atom is 0.311 e. The minimum Gasteiger partial charge on any atom is -0.481 e. The lowest BCUT2D eigenvalue weighted by molar-refractivity contribution is -0.148. The fourth-order valence-electron chi connectivity index (χ4n) is 1.21. The number of nitrogens with one attached hydrogen (secondary N) is 1. The van der Waals surface area contributed by atoms with Crippen molar-refractivity contribution in [1.82, 2.24) is 5.32 Å². The molecule has 0 spiro atoms. The van der Waals surface area contributed by atoms with Gasteiger partial charge in [-0.3, -0.25) is 9.59 Å². The second-order valence-corrected chi connectivity index (χ2v) is 4.33. The van der Waals surface area contributed by atoms with Crippen molar-refractivity contribution in [3.63, 3.8) is 0 Å². The third-order valence-electron chi connectivity index (χ3n) is 2.89. The van der Waals surface area contributed by atoms with Crippen LogP contribution in [0.1, 0.15) is 40.0 Å². The molecule has 0 saturated heterocycles. The largest absolute Gasteiger partial charge is 0.481 e. The Bertz CT molecular complexity index is 256. The van der Waals surface area contributed by atoms with E-state index in [1.54, 1.807) is 13.8 Å². The highest BCUT2D eigenvalue weighted by Gasteiger charge is 2.31. The second-order valence-electron chi connectivity index (χ2n) is 4.33. The highest BCUT2D eigenvalue weighted by molar-refractivity contribution is 5.82. The summed E-state index contributed by atoms with van der Waals surface area (Å²) < 4.78 is 0. The molecule has 0 aliphatic rings. The fraction of sp³-hybridized carbons (Fsp3) is 0.818. The number of hydrogen-bond donors (Lipinski definition) is 3. The molecular formula is C11H22N2O3. The van der Waals surface area contributed by atoms with E-state index in [-0.39, 0.29) is 12.5 Å². The molecule has 5 nitrogen and oxygen atoms in total.